The van der Waals surface area contributed by atoms with Crippen LogP contribution in [-0.4, -0.2) is 28.9 Å². The normalized spacial score (nSPS) is 23.7. The van der Waals surface area contributed by atoms with Crippen molar-refractivity contribution in [2.45, 2.75) is 38.6 Å². The molecule has 1 saturated carbocycles. The third-order valence-electron chi connectivity index (χ3n) is 3.80. The molecule has 0 aromatic carbocycles. The van der Waals surface area contributed by atoms with E-state index >= 15 is 0 Å². The largest absolute Gasteiger partial charge is 0.382 e. The molecule has 1 aromatic rings. The van der Waals surface area contributed by atoms with E-state index in [0.717, 1.165) is 0 Å². The molecular weight excluding hydrogens is 226 g/mol. The highest BCUT2D eigenvalue weighted by Crippen LogP contribution is 2.28. The molecule has 2 atom stereocenters. The number of nitrogen functional groups attached to an aromatic ring is 1. The van der Waals surface area contributed by atoms with E-state index in [1.165, 1.54) is 25.7 Å². The van der Waals surface area contributed by atoms with E-state index in [-0.39, 0.29) is 5.84 Å². The predicted octanol–water partition coefficient (Wildman–Crippen LogP) is 1.78. The van der Waals surface area contributed by atoms with E-state index in [2.05, 4.69) is 21.8 Å². The van der Waals surface area contributed by atoms with Crippen molar-refractivity contribution in [2.24, 2.45) is 11.7 Å². The molecule has 0 bridgehead atoms. The van der Waals surface area contributed by atoms with Gasteiger partial charge < -0.3 is 10.6 Å². The maximum atomic E-state index is 7.43. The summed E-state index contributed by atoms with van der Waals surface area (Å²) in [5, 5.41) is 7.43. The van der Waals surface area contributed by atoms with Gasteiger partial charge in [-0.3, -0.25) is 5.41 Å². The van der Waals surface area contributed by atoms with Crippen molar-refractivity contribution in [1.29, 1.82) is 5.41 Å². The molecule has 0 spiro atoms. The van der Waals surface area contributed by atoms with Gasteiger partial charge in [0, 0.05) is 19.3 Å². The highest BCUT2D eigenvalue weighted by atomic mass is 15.3. The summed E-state index contributed by atoms with van der Waals surface area (Å²) in [6, 6.07) is 2.16. The van der Waals surface area contributed by atoms with Crippen LogP contribution in [0.1, 0.15) is 38.3 Å². The van der Waals surface area contributed by atoms with Crippen molar-refractivity contribution >= 4 is 11.8 Å². The van der Waals surface area contributed by atoms with Crippen LogP contribution in [0.4, 0.5) is 5.95 Å². The van der Waals surface area contributed by atoms with Gasteiger partial charge in [0.1, 0.15) is 11.5 Å². The predicted molar refractivity (Wildman–Crippen MR) is 72.9 cm³/mol. The van der Waals surface area contributed by atoms with Crippen LogP contribution < -0.4 is 10.6 Å². The lowest BCUT2D eigenvalue weighted by Gasteiger charge is -2.36. The van der Waals surface area contributed by atoms with Crippen LogP contribution in [0.15, 0.2) is 12.3 Å². The number of amidine groups is 1. The first kappa shape index (κ1) is 12.8. The molecule has 1 aromatic heterocycles. The number of nitrogens with one attached hydrogen (secondary N) is 1. The average molecular weight is 247 g/mol. The molecule has 98 valence electrons. The number of aromatic nitrogens is 2. The van der Waals surface area contributed by atoms with Gasteiger partial charge in [0.2, 0.25) is 5.95 Å². The Labute approximate surface area is 108 Å². The van der Waals surface area contributed by atoms with Crippen LogP contribution in [0.2, 0.25) is 0 Å². The van der Waals surface area contributed by atoms with Crippen LogP contribution in [0.3, 0.4) is 0 Å². The quantitative estimate of drug-likeness (QED) is 0.630. The van der Waals surface area contributed by atoms with Crippen molar-refractivity contribution in [3.05, 3.63) is 18.0 Å². The standard InChI is InChI=1S/C13H21N5/c1-9-5-3-4-6-11(9)18(2)13-16-8-7-10(17-13)12(14)15/h7-9,11H,3-6H2,1-2H3,(H3,14,15). The number of hydrogen-bond acceptors (Lipinski definition) is 4. The minimum atomic E-state index is -0.0104. The summed E-state index contributed by atoms with van der Waals surface area (Å²) in [5.41, 5.74) is 5.96. The van der Waals surface area contributed by atoms with E-state index in [1.807, 2.05) is 7.05 Å². The second-order valence-corrected chi connectivity index (χ2v) is 5.10. The summed E-state index contributed by atoms with van der Waals surface area (Å²) in [7, 11) is 2.03. The van der Waals surface area contributed by atoms with Crippen LogP contribution in [0.5, 0.6) is 0 Å². The molecule has 5 heteroatoms. The first-order valence-electron chi connectivity index (χ1n) is 6.50. The Morgan fingerprint density at radius 1 is 1.44 bits per heavy atom. The monoisotopic (exact) mass is 247 g/mol. The van der Waals surface area contributed by atoms with Crippen molar-refractivity contribution in [3.63, 3.8) is 0 Å². The Balaban J connectivity index is 2.19. The van der Waals surface area contributed by atoms with Crippen molar-refractivity contribution in [1.82, 2.24) is 9.97 Å². The zero-order valence-electron chi connectivity index (χ0n) is 11.1. The second kappa shape index (κ2) is 5.33. The van der Waals surface area contributed by atoms with Crippen LogP contribution in [0.25, 0.3) is 0 Å². The second-order valence-electron chi connectivity index (χ2n) is 5.10. The number of hydrogen-bond donors (Lipinski definition) is 2. The van der Waals surface area contributed by atoms with Gasteiger partial charge in [-0.1, -0.05) is 19.8 Å². The van der Waals surface area contributed by atoms with Crippen molar-refractivity contribution < 1.29 is 0 Å². The molecule has 0 aliphatic heterocycles. The summed E-state index contributed by atoms with van der Waals surface area (Å²) in [5.74, 6) is 1.32. The minimum absolute atomic E-state index is 0.0104. The van der Waals surface area contributed by atoms with Gasteiger partial charge >= 0.3 is 0 Å². The zero-order chi connectivity index (χ0) is 13.1. The smallest absolute Gasteiger partial charge is 0.225 e. The summed E-state index contributed by atoms with van der Waals surface area (Å²) in [4.78, 5) is 10.8. The highest BCUT2D eigenvalue weighted by molar-refractivity contribution is 5.93. The Bertz CT molecular complexity index is 431. The van der Waals surface area contributed by atoms with E-state index in [4.69, 9.17) is 11.1 Å². The summed E-state index contributed by atoms with van der Waals surface area (Å²) in [6.45, 7) is 2.29. The molecule has 0 radical (unpaired) electrons. The number of rotatable bonds is 3. The summed E-state index contributed by atoms with van der Waals surface area (Å²) in [6.07, 6.45) is 6.71. The molecule has 1 fully saturated rings. The molecule has 5 nitrogen and oxygen atoms in total. The Kier molecular flexibility index (Phi) is 3.79. The first-order valence-corrected chi connectivity index (χ1v) is 6.50. The van der Waals surface area contributed by atoms with Gasteiger partial charge in [0.15, 0.2) is 0 Å². The van der Waals surface area contributed by atoms with Crippen molar-refractivity contribution in [2.75, 3.05) is 11.9 Å². The van der Waals surface area contributed by atoms with E-state index < -0.39 is 0 Å². The molecule has 2 rings (SSSR count). The first-order chi connectivity index (χ1) is 8.59. The molecule has 18 heavy (non-hydrogen) atoms. The molecular formula is C13H21N5. The summed E-state index contributed by atoms with van der Waals surface area (Å²) >= 11 is 0. The maximum Gasteiger partial charge on any atom is 0.225 e. The lowest BCUT2D eigenvalue weighted by atomic mass is 9.85. The van der Waals surface area contributed by atoms with Gasteiger partial charge in [0.05, 0.1) is 0 Å². The van der Waals surface area contributed by atoms with Gasteiger partial charge in [-0.15, -0.1) is 0 Å². The molecule has 1 heterocycles. The van der Waals surface area contributed by atoms with E-state index in [9.17, 15) is 0 Å². The number of anilines is 1. The fourth-order valence-corrected chi connectivity index (χ4v) is 2.69. The van der Waals surface area contributed by atoms with Gasteiger partial charge in [0.25, 0.3) is 0 Å². The Morgan fingerprint density at radius 2 is 2.17 bits per heavy atom. The fraction of sp³-hybridized carbons (Fsp3) is 0.615. The third kappa shape index (κ3) is 2.60. The lowest BCUT2D eigenvalue weighted by Crippen LogP contribution is -2.40. The molecule has 2 unspecified atom stereocenters. The lowest BCUT2D eigenvalue weighted by molar-refractivity contribution is 0.319. The molecule has 3 N–H and O–H groups in total. The fourth-order valence-electron chi connectivity index (χ4n) is 2.69. The summed E-state index contributed by atoms with van der Waals surface area (Å²) < 4.78 is 0. The SMILES string of the molecule is CC1CCCCC1N(C)c1nccc(C(=N)N)n1. The van der Waals surface area contributed by atoms with Gasteiger partial charge in [-0.25, -0.2) is 9.97 Å². The van der Waals surface area contributed by atoms with E-state index in [1.54, 1.807) is 12.3 Å². The average Bonchev–Trinajstić information content (AvgIpc) is 2.38. The highest BCUT2D eigenvalue weighted by Gasteiger charge is 2.26. The Morgan fingerprint density at radius 3 is 2.83 bits per heavy atom. The van der Waals surface area contributed by atoms with Gasteiger partial charge in [-0.05, 0) is 24.8 Å². The maximum absolute atomic E-state index is 7.43. The number of nitrogens with two attached hydrogens (primary N) is 1. The van der Waals surface area contributed by atoms with Crippen LogP contribution in [0, 0.1) is 11.3 Å². The molecule has 1 aliphatic carbocycles. The topological polar surface area (TPSA) is 78.9 Å². The molecule has 0 saturated heterocycles. The van der Waals surface area contributed by atoms with E-state index in [0.29, 0.717) is 23.6 Å². The zero-order valence-corrected chi connectivity index (χ0v) is 11.1. The van der Waals surface area contributed by atoms with Crippen LogP contribution >= 0.6 is 0 Å². The third-order valence-corrected chi connectivity index (χ3v) is 3.80. The van der Waals surface area contributed by atoms with Gasteiger partial charge in [-0.2, -0.15) is 0 Å². The Hall–Kier alpha value is -1.65. The molecule has 0 amide bonds. The minimum Gasteiger partial charge on any atom is -0.382 e. The molecule has 1 aliphatic rings. The van der Waals surface area contributed by atoms with Crippen molar-refractivity contribution in [3.8, 4) is 0 Å². The van der Waals surface area contributed by atoms with Crippen LogP contribution in [-0.2, 0) is 0 Å². The number of nitrogens with zero attached hydrogens (tertiary/aromatic N) is 3.